The van der Waals surface area contributed by atoms with Crippen LogP contribution >= 0.6 is 0 Å². The van der Waals surface area contributed by atoms with Crippen molar-refractivity contribution in [3.8, 4) is 0 Å². The van der Waals surface area contributed by atoms with Crippen LogP contribution in [0.25, 0.3) is 0 Å². The third-order valence-corrected chi connectivity index (χ3v) is 2.41. The minimum atomic E-state index is 0.730. The van der Waals surface area contributed by atoms with Gasteiger partial charge < -0.3 is 15.8 Å². The van der Waals surface area contributed by atoms with Crippen molar-refractivity contribution in [2.24, 2.45) is 0 Å². The fraction of sp³-hybridized carbons (Fsp3) is 0.538. The fourth-order valence-electron chi connectivity index (χ4n) is 1.43. The molecule has 0 aliphatic heterocycles. The van der Waals surface area contributed by atoms with Gasteiger partial charge in [-0.1, -0.05) is 19.4 Å². The number of hydrogen-bond donors (Lipinski definition) is 2. The Balaban J connectivity index is 2.23. The van der Waals surface area contributed by atoms with Crippen molar-refractivity contribution in [2.45, 2.75) is 26.7 Å². The van der Waals surface area contributed by atoms with Crippen molar-refractivity contribution < 1.29 is 4.74 Å². The molecule has 0 heterocycles. The predicted molar refractivity (Wildman–Crippen MR) is 69.8 cm³/mol. The summed E-state index contributed by atoms with van der Waals surface area (Å²) in [4.78, 5) is 0. The number of nitrogens with one attached hydrogen (secondary N) is 1. The molecule has 3 N–H and O–H groups in total. The maximum absolute atomic E-state index is 5.85. The number of aryl methyl sites for hydroxylation is 1. The summed E-state index contributed by atoms with van der Waals surface area (Å²) < 4.78 is 5.46. The second kappa shape index (κ2) is 7.12. The number of ether oxygens (including phenoxy) is 1. The lowest BCUT2D eigenvalue weighted by molar-refractivity contribution is 0.141. The van der Waals surface area contributed by atoms with Crippen LogP contribution in [-0.4, -0.2) is 19.8 Å². The molecule has 0 fully saturated rings. The summed E-state index contributed by atoms with van der Waals surface area (Å²) in [5, 5.41) is 3.28. The molecule has 0 radical (unpaired) electrons. The monoisotopic (exact) mass is 222 g/mol. The molecular weight excluding hydrogens is 200 g/mol. The maximum atomic E-state index is 5.85. The molecule has 0 spiro atoms. The number of hydrogen-bond acceptors (Lipinski definition) is 3. The van der Waals surface area contributed by atoms with Crippen LogP contribution in [0, 0.1) is 6.92 Å². The average Bonchev–Trinajstić information content (AvgIpc) is 2.28. The first kappa shape index (κ1) is 12.8. The van der Waals surface area contributed by atoms with Crippen LogP contribution < -0.4 is 11.1 Å². The Morgan fingerprint density at radius 3 is 2.88 bits per heavy atom. The highest BCUT2D eigenvalue weighted by molar-refractivity contribution is 5.66. The van der Waals surface area contributed by atoms with Gasteiger partial charge in [0.1, 0.15) is 0 Å². The minimum absolute atomic E-state index is 0.730. The molecule has 1 aromatic rings. The summed E-state index contributed by atoms with van der Waals surface area (Å²) >= 11 is 0. The van der Waals surface area contributed by atoms with Crippen LogP contribution in [0.2, 0.25) is 0 Å². The molecule has 0 aliphatic carbocycles. The quantitative estimate of drug-likeness (QED) is 0.551. The second-order valence-corrected chi connectivity index (χ2v) is 3.98. The standard InChI is InChI=1S/C13H22N2O/c1-3-4-8-16-9-7-15-13-10-11(2)5-6-12(13)14/h5-6,10,15H,3-4,7-9,14H2,1-2H3. The van der Waals surface area contributed by atoms with Crippen LogP contribution in [0.15, 0.2) is 18.2 Å². The Kier molecular flexibility index (Phi) is 5.72. The van der Waals surface area contributed by atoms with Crippen molar-refractivity contribution in [3.05, 3.63) is 23.8 Å². The SMILES string of the molecule is CCCCOCCNc1cc(C)ccc1N. The van der Waals surface area contributed by atoms with E-state index in [1.54, 1.807) is 0 Å². The van der Waals surface area contributed by atoms with E-state index in [0.29, 0.717) is 0 Å². The first-order valence-electron chi connectivity index (χ1n) is 5.91. The molecule has 0 aromatic heterocycles. The fourth-order valence-corrected chi connectivity index (χ4v) is 1.43. The molecule has 16 heavy (non-hydrogen) atoms. The van der Waals surface area contributed by atoms with E-state index < -0.39 is 0 Å². The van der Waals surface area contributed by atoms with Crippen molar-refractivity contribution in [1.29, 1.82) is 0 Å². The highest BCUT2D eigenvalue weighted by Gasteiger charge is 1.97. The van der Waals surface area contributed by atoms with Crippen molar-refractivity contribution in [3.63, 3.8) is 0 Å². The van der Waals surface area contributed by atoms with Gasteiger partial charge in [0, 0.05) is 13.2 Å². The zero-order valence-electron chi connectivity index (χ0n) is 10.3. The van der Waals surface area contributed by atoms with E-state index in [1.165, 1.54) is 12.0 Å². The van der Waals surface area contributed by atoms with E-state index in [2.05, 4.69) is 25.2 Å². The molecule has 0 saturated heterocycles. The molecule has 3 nitrogen and oxygen atoms in total. The van der Waals surface area contributed by atoms with E-state index >= 15 is 0 Å². The molecule has 0 saturated carbocycles. The number of nitrogens with two attached hydrogens (primary N) is 1. The Labute approximate surface area is 98.0 Å². The van der Waals surface area contributed by atoms with Gasteiger partial charge in [-0.2, -0.15) is 0 Å². The third kappa shape index (κ3) is 4.53. The normalized spacial score (nSPS) is 10.4. The first-order chi connectivity index (χ1) is 7.74. The lowest BCUT2D eigenvalue weighted by Crippen LogP contribution is -2.11. The van der Waals surface area contributed by atoms with Gasteiger partial charge in [0.2, 0.25) is 0 Å². The summed E-state index contributed by atoms with van der Waals surface area (Å²) in [5.41, 5.74) is 8.85. The van der Waals surface area contributed by atoms with Crippen LogP contribution in [0.5, 0.6) is 0 Å². The summed E-state index contributed by atoms with van der Waals surface area (Å²) in [6, 6.07) is 6.00. The number of anilines is 2. The molecule has 0 amide bonds. The molecule has 0 aliphatic rings. The Bertz CT molecular complexity index is 313. The topological polar surface area (TPSA) is 47.3 Å². The molecule has 0 bridgehead atoms. The number of unbranched alkanes of at least 4 members (excludes halogenated alkanes) is 1. The Hall–Kier alpha value is -1.22. The largest absolute Gasteiger partial charge is 0.397 e. The summed E-state index contributed by atoms with van der Waals surface area (Å²) in [6.07, 6.45) is 2.31. The molecule has 1 aromatic carbocycles. The zero-order chi connectivity index (χ0) is 11.8. The van der Waals surface area contributed by atoms with E-state index in [9.17, 15) is 0 Å². The third-order valence-electron chi connectivity index (χ3n) is 2.41. The highest BCUT2D eigenvalue weighted by atomic mass is 16.5. The molecule has 90 valence electrons. The molecule has 0 atom stereocenters. The molecular formula is C13H22N2O. The van der Waals surface area contributed by atoms with Crippen LogP contribution in [-0.2, 0) is 4.74 Å². The summed E-state index contributed by atoms with van der Waals surface area (Å²) in [7, 11) is 0. The smallest absolute Gasteiger partial charge is 0.0639 e. The van der Waals surface area contributed by atoms with Crippen LogP contribution in [0.4, 0.5) is 11.4 Å². The van der Waals surface area contributed by atoms with Gasteiger partial charge >= 0.3 is 0 Å². The summed E-state index contributed by atoms with van der Waals surface area (Å²) in [5.74, 6) is 0. The van der Waals surface area contributed by atoms with Gasteiger partial charge in [-0.05, 0) is 31.0 Å². The van der Waals surface area contributed by atoms with Crippen LogP contribution in [0.1, 0.15) is 25.3 Å². The lowest BCUT2D eigenvalue weighted by Gasteiger charge is -2.10. The van der Waals surface area contributed by atoms with Crippen molar-refractivity contribution in [1.82, 2.24) is 0 Å². The van der Waals surface area contributed by atoms with E-state index in [1.807, 2.05) is 12.1 Å². The van der Waals surface area contributed by atoms with Crippen molar-refractivity contribution in [2.75, 3.05) is 30.8 Å². The molecule has 3 heteroatoms. The van der Waals surface area contributed by atoms with Crippen molar-refractivity contribution >= 4 is 11.4 Å². The Morgan fingerprint density at radius 2 is 2.12 bits per heavy atom. The van der Waals surface area contributed by atoms with E-state index in [4.69, 9.17) is 10.5 Å². The zero-order valence-corrected chi connectivity index (χ0v) is 10.3. The number of rotatable bonds is 7. The van der Waals surface area contributed by atoms with Gasteiger partial charge in [0.15, 0.2) is 0 Å². The Morgan fingerprint density at radius 1 is 1.31 bits per heavy atom. The lowest BCUT2D eigenvalue weighted by atomic mass is 10.2. The first-order valence-corrected chi connectivity index (χ1v) is 5.91. The second-order valence-electron chi connectivity index (χ2n) is 3.98. The van der Waals surface area contributed by atoms with E-state index in [0.717, 1.165) is 37.6 Å². The number of nitrogen functional groups attached to an aromatic ring is 1. The minimum Gasteiger partial charge on any atom is -0.397 e. The predicted octanol–water partition coefficient (Wildman–Crippen LogP) is 2.81. The van der Waals surface area contributed by atoms with Gasteiger partial charge in [-0.25, -0.2) is 0 Å². The van der Waals surface area contributed by atoms with E-state index in [-0.39, 0.29) is 0 Å². The number of benzene rings is 1. The molecule has 1 rings (SSSR count). The maximum Gasteiger partial charge on any atom is 0.0639 e. The van der Waals surface area contributed by atoms with Gasteiger partial charge in [0.25, 0.3) is 0 Å². The van der Waals surface area contributed by atoms with Gasteiger partial charge in [0.05, 0.1) is 18.0 Å². The highest BCUT2D eigenvalue weighted by Crippen LogP contribution is 2.18. The van der Waals surface area contributed by atoms with Gasteiger partial charge in [-0.15, -0.1) is 0 Å². The van der Waals surface area contributed by atoms with Crippen LogP contribution in [0.3, 0.4) is 0 Å². The van der Waals surface area contributed by atoms with Gasteiger partial charge in [-0.3, -0.25) is 0 Å². The average molecular weight is 222 g/mol. The molecule has 0 unspecified atom stereocenters. The summed E-state index contributed by atoms with van der Waals surface area (Å²) in [6.45, 7) is 6.60.